The number of pyridine rings is 1. The van der Waals surface area contributed by atoms with Crippen molar-refractivity contribution >= 4 is 11.9 Å². The van der Waals surface area contributed by atoms with Crippen LogP contribution in [0.25, 0.3) is 22.5 Å². The van der Waals surface area contributed by atoms with Gasteiger partial charge in [-0.05, 0) is 42.2 Å². The van der Waals surface area contributed by atoms with Gasteiger partial charge >= 0.3 is 5.97 Å². The Balaban J connectivity index is 1.66. The molecule has 5 rings (SSSR count). The summed E-state index contributed by atoms with van der Waals surface area (Å²) >= 11 is 0. The molecule has 1 fully saturated rings. The largest absolute Gasteiger partial charge is 0.478 e. The number of nitrogens with one attached hydrogen (secondary N) is 1. The highest BCUT2D eigenvalue weighted by molar-refractivity contribution is 5.95. The predicted molar refractivity (Wildman–Crippen MR) is 117 cm³/mol. The highest BCUT2D eigenvalue weighted by Crippen LogP contribution is 2.43. The van der Waals surface area contributed by atoms with E-state index in [1.54, 1.807) is 29.3 Å². The first-order chi connectivity index (χ1) is 15.3. The number of H-pyrrole nitrogens is 1. The lowest BCUT2D eigenvalue weighted by molar-refractivity contribution is -0.136. The summed E-state index contributed by atoms with van der Waals surface area (Å²) < 4.78 is 14.4. The van der Waals surface area contributed by atoms with Crippen LogP contribution in [-0.2, 0) is 23.1 Å². The van der Waals surface area contributed by atoms with Crippen molar-refractivity contribution < 1.29 is 19.1 Å². The third kappa shape index (κ3) is 2.94. The van der Waals surface area contributed by atoms with Crippen LogP contribution in [-0.4, -0.2) is 51.5 Å². The number of hydrogen-bond donors (Lipinski definition) is 3. The summed E-state index contributed by atoms with van der Waals surface area (Å²) in [7, 11) is 0. The van der Waals surface area contributed by atoms with Gasteiger partial charge in [0.15, 0.2) is 0 Å². The van der Waals surface area contributed by atoms with Crippen LogP contribution in [0.1, 0.15) is 34.1 Å². The van der Waals surface area contributed by atoms with E-state index in [9.17, 15) is 19.1 Å². The molecule has 7 nitrogen and oxygen atoms in total. The monoisotopic (exact) mass is 434 g/mol. The molecule has 3 aromatic rings. The minimum atomic E-state index is -1.02. The zero-order valence-corrected chi connectivity index (χ0v) is 17.6. The minimum Gasteiger partial charge on any atom is -0.478 e. The molecule has 2 aromatic heterocycles. The first kappa shape index (κ1) is 20.4. The van der Waals surface area contributed by atoms with E-state index in [1.807, 2.05) is 6.07 Å². The van der Waals surface area contributed by atoms with E-state index in [2.05, 4.69) is 9.97 Å². The lowest BCUT2D eigenvalue weighted by atomic mass is 9.74. The molecule has 1 aromatic carbocycles. The van der Waals surface area contributed by atoms with E-state index >= 15 is 0 Å². The van der Waals surface area contributed by atoms with Crippen LogP contribution in [0.15, 0.2) is 36.5 Å². The first-order valence-corrected chi connectivity index (χ1v) is 10.5. The Hall–Kier alpha value is -3.52. The summed E-state index contributed by atoms with van der Waals surface area (Å²) in [5.74, 6) is -1.44. The van der Waals surface area contributed by atoms with Crippen LogP contribution >= 0.6 is 0 Å². The van der Waals surface area contributed by atoms with Gasteiger partial charge < -0.3 is 20.7 Å². The van der Waals surface area contributed by atoms with Gasteiger partial charge in [0.1, 0.15) is 5.82 Å². The summed E-state index contributed by atoms with van der Waals surface area (Å²) in [6, 6.07) is 8.25. The number of aromatic amines is 1. The van der Waals surface area contributed by atoms with Crippen LogP contribution in [0.2, 0.25) is 0 Å². The van der Waals surface area contributed by atoms with E-state index in [1.165, 1.54) is 13.0 Å². The quantitative estimate of drug-likeness (QED) is 0.585. The Morgan fingerprint density at radius 2 is 2.00 bits per heavy atom. The maximum Gasteiger partial charge on any atom is 0.337 e. The highest BCUT2D eigenvalue weighted by atomic mass is 19.1. The average molecular weight is 434 g/mol. The number of fused-ring (bicyclic) bond motifs is 3. The predicted octanol–water partition coefficient (Wildman–Crippen LogP) is 2.74. The lowest BCUT2D eigenvalue weighted by Crippen LogP contribution is -2.64. The third-order valence-electron chi connectivity index (χ3n) is 6.72. The summed E-state index contributed by atoms with van der Waals surface area (Å²) in [6.07, 6.45) is 2.93. The number of carboxylic acid groups (broad SMARTS) is 1. The number of nitrogens with two attached hydrogens (primary N) is 1. The molecule has 2 aliphatic rings. The van der Waals surface area contributed by atoms with Crippen molar-refractivity contribution in [1.82, 2.24) is 14.9 Å². The number of carbonyl (C=O) groups excluding carboxylic acids is 1. The van der Waals surface area contributed by atoms with E-state index in [0.29, 0.717) is 48.6 Å². The molecule has 1 saturated heterocycles. The molecule has 8 heteroatoms. The van der Waals surface area contributed by atoms with E-state index in [-0.39, 0.29) is 23.8 Å². The number of aryl methyl sites for hydroxylation is 1. The summed E-state index contributed by atoms with van der Waals surface area (Å²) in [5.41, 5.74) is 10.4. The number of nitrogens with zero attached hydrogens (tertiary/aromatic N) is 2. The standard InChI is InChI=1S/C24H23FN4O3/c1-13(30)29-11-24(10-26,12-29)22-20(23(31)32)16-7-6-14-9-27-19(8-17(14)21(16)28-22)15-4-2-3-5-18(15)25/h2-5,8-9,28H,6-7,10-12,26H2,1H3,(H,31,32). The van der Waals surface area contributed by atoms with Crippen molar-refractivity contribution in [1.29, 1.82) is 0 Å². The number of aromatic carboxylic acids is 1. The van der Waals surface area contributed by atoms with Gasteiger partial charge in [-0.1, -0.05) is 12.1 Å². The molecule has 32 heavy (non-hydrogen) atoms. The second kappa shape index (κ2) is 7.27. The molecular formula is C24H23FN4O3. The zero-order chi connectivity index (χ0) is 22.6. The van der Waals surface area contributed by atoms with Gasteiger partial charge in [-0.2, -0.15) is 0 Å². The van der Waals surface area contributed by atoms with E-state index < -0.39 is 11.4 Å². The number of amides is 1. The van der Waals surface area contributed by atoms with Crippen LogP contribution in [0.3, 0.4) is 0 Å². The fraction of sp³-hybridized carbons (Fsp3) is 0.292. The van der Waals surface area contributed by atoms with Crippen molar-refractivity contribution in [3.05, 3.63) is 64.7 Å². The molecule has 3 heterocycles. The molecule has 4 N–H and O–H groups in total. The van der Waals surface area contributed by atoms with Crippen LogP contribution < -0.4 is 5.73 Å². The highest BCUT2D eigenvalue weighted by Gasteiger charge is 2.49. The van der Waals surface area contributed by atoms with Gasteiger partial charge in [-0.15, -0.1) is 0 Å². The van der Waals surface area contributed by atoms with Gasteiger partial charge in [-0.3, -0.25) is 9.78 Å². The molecule has 0 radical (unpaired) electrons. The fourth-order valence-corrected chi connectivity index (χ4v) is 4.94. The number of halogens is 1. The van der Waals surface area contributed by atoms with Crippen molar-refractivity contribution in [2.75, 3.05) is 19.6 Å². The van der Waals surface area contributed by atoms with Gasteiger partial charge in [-0.25, -0.2) is 9.18 Å². The molecule has 1 aliphatic heterocycles. The number of likely N-dealkylation sites (tertiary alicyclic amines) is 1. The van der Waals surface area contributed by atoms with Crippen LogP contribution in [0.4, 0.5) is 4.39 Å². The van der Waals surface area contributed by atoms with Gasteiger partial charge in [0, 0.05) is 49.6 Å². The molecule has 0 spiro atoms. The normalized spacial score (nSPS) is 16.2. The van der Waals surface area contributed by atoms with Gasteiger partial charge in [0.2, 0.25) is 5.91 Å². The molecule has 0 unspecified atom stereocenters. The Kier molecular flexibility index (Phi) is 4.63. The number of benzene rings is 1. The summed E-state index contributed by atoms with van der Waals surface area (Å²) in [5, 5.41) is 10.1. The Labute approximate surface area is 184 Å². The van der Waals surface area contributed by atoms with Crippen molar-refractivity contribution in [3.8, 4) is 22.5 Å². The van der Waals surface area contributed by atoms with Gasteiger partial charge in [0.25, 0.3) is 0 Å². The maximum absolute atomic E-state index is 14.4. The van der Waals surface area contributed by atoms with Crippen LogP contribution in [0.5, 0.6) is 0 Å². The second-order valence-corrected chi connectivity index (χ2v) is 8.60. The maximum atomic E-state index is 14.4. The molecule has 0 saturated carbocycles. The first-order valence-electron chi connectivity index (χ1n) is 10.5. The van der Waals surface area contributed by atoms with Crippen molar-refractivity contribution in [3.63, 3.8) is 0 Å². The molecule has 0 bridgehead atoms. The molecular weight excluding hydrogens is 411 g/mol. The zero-order valence-electron chi connectivity index (χ0n) is 17.6. The number of carboxylic acids is 1. The summed E-state index contributed by atoms with van der Waals surface area (Å²) in [6.45, 7) is 2.47. The Bertz CT molecular complexity index is 1260. The number of aromatic nitrogens is 2. The Morgan fingerprint density at radius 3 is 2.66 bits per heavy atom. The van der Waals surface area contributed by atoms with Crippen molar-refractivity contribution in [2.45, 2.75) is 25.2 Å². The molecule has 0 atom stereocenters. The molecule has 1 amide bonds. The Morgan fingerprint density at radius 1 is 1.25 bits per heavy atom. The van der Waals surface area contributed by atoms with Crippen LogP contribution in [0, 0.1) is 5.82 Å². The van der Waals surface area contributed by atoms with E-state index in [4.69, 9.17) is 5.73 Å². The van der Waals surface area contributed by atoms with Gasteiger partial charge in [0.05, 0.1) is 22.4 Å². The lowest BCUT2D eigenvalue weighted by Gasteiger charge is -2.49. The number of carbonyl (C=O) groups is 2. The second-order valence-electron chi connectivity index (χ2n) is 8.60. The van der Waals surface area contributed by atoms with E-state index in [0.717, 1.165) is 16.7 Å². The fourth-order valence-electron chi connectivity index (χ4n) is 4.94. The summed E-state index contributed by atoms with van der Waals surface area (Å²) in [4.78, 5) is 33.5. The minimum absolute atomic E-state index is 0.0618. The SMILES string of the molecule is CC(=O)N1CC(CN)(c2[nH]c3c(c2C(=O)O)CCc2cnc(-c4ccccc4F)cc2-3)C1. The number of rotatable bonds is 4. The molecule has 1 aliphatic carbocycles. The average Bonchev–Trinajstić information content (AvgIpc) is 3.14. The third-order valence-corrected chi connectivity index (χ3v) is 6.72. The smallest absolute Gasteiger partial charge is 0.337 e. The number of hydrogen-bond acceptors (Lipinski definition) is 4. The molecule has 164 valence electrons. The van der Waals surface area contributed by atoms with Crippen molar-refractivity contribution in [2.24, 2.45) is 5.73 Å². The topological polar surface area (TPSA) is 112 Å².